The van der Waals surface area contributed by atoms with Gasteiger partial charge in [0.1, 0.15) is 6.61 Å². The first-order valence-corrected chi connectivity index (χ1v) is 9.22. The molecular formula is C21H26F3N3O2. The van der Waals surface area contributed by atoms with Crippen molar-refractivity contribution in [2.45, 2.75) is 39.0 Å². The van der Waals surface area contributed by atoms with Crippen molar-refractivity contribution >= 4 is 17.5 Å². The second-order valence-electron chi connectivity index (χ2n) is 7.55. The van der Waals surface area contributed by atoms with Crippen molar-refractivity contribution in [3.63, 3.8) is 0 Å². The molecule has 158 valence electrons. The van der Waals surface area contributed by atoms with Gasteiger partial charge in [-0.25, -0.2) is 4.79 Å². The number of hydrogen-bond acceptors (Lipinski definition) is 4. The van der Waals surface area contributed by atoms with Crippen molar-refractivity contribution in [1.29, 1.82) is 0 Å². The summed E-state index contributed by atoms with van der Waals surface area (Å²) in [5, 5.41) is 8.89. The molecule has 0 heterocycles. The number of carbonyl (C=O) groups is 1. The van der Waals surface area contributed by atoms with E-state index >= 15 is 0 Å². The van der Waals surface area contributed by atoms with Gasteiger partial charge in [0.15, 0.2) is 0 Å². The average molecular weight is 409 g/mol. The smallest absolute Gasteiger partial charge is 0.416 e. The Morgan fingerprint density at radius 1 is 1.03 bits per heavy atom. The van der Waals surface area contributed by atoms with Crippen LogP contribution in [0, 0.1) is 0 Å². The van der Waals surface area contributed by atoms with E-state index in [1.165, 1.54) is 6.07 Å². The van der Waals surface area contributed by atoms with E-state index in [-0.39, 0.29) is 12.1 Å². The van der Waals surface area contributed by atoms with E-state index in [1.54, 1.807) is 18.2 Å². The topological polar surface area (TPSA) is 62.4 Å². The molecule has 2 rings (SSSR count). The van der Waals surface area contributed by atoms with Crippen LogP contribution in [0.15, 0.2) is 48.5 Å². The summed E-state index contributed by atoms with van der Waals surface area (Å²) in [5.41, 5.74) is 0.867. The number of rotatable bonds is 7. The van der Waals surface area contributed by atoms with E-state index in [9.17, 15) is 18.0 Å². The molecule has 0 aliphatic rings. The second kappa shape index (κ2) is 9.65. The first-order chi connectivity index (χ1) is 13.5. The highest BCUT2D eigenvalue weighted by molar-refractivity contribution is 5.68. The Labute approximate surface area is 168 Å². The Morgan fingerprint density at radius 2 is 1.76 bits per heavy atom. The van der Waals surface area contributed by atoms with Gasteiger partial charge in [-0.3, -0.25) is 0 Å². The quantitative estimate of drug-likeness (QED) is 0.559. The summed E-state index contributed by atoms with van der Waals surface area (Å²) in [6.07, 6.45) is -4.87. The van der Waals surface area contributed by atoms with Gasteiger partial charge in [0.2, 0.25) is 0 Å². The minimum Gasteiger partial charge on any atom is -0.448 e. The summed E-state index contributed by atoms with van der Waals surface area (Å²) in [4.78, 5) is 11.6. The first kappa shape index (κ1) is 22.5. The zero-order chi connectivity index (χ0) is 21.5. The fraction of sp³-hybridized carbons (Fsp3) is 0.381. The van der Waals surface area contributed by atoms with Crippen LogP contribution >= 0.6 is 0 Å². The molecule has 1 amide bonds. The standard InChI is InChI=1S/C21H26F3N3O2/c1-20(2,3)27-19(28)29-12-11-25-14-15-7-4-5-10-18(15)26-17-9-6-8-16(13-17)21(22,23)24/h4-10,13,25-26H,11-12,14H2,1-3H3,(H,27,28). The van der Waals surface area contributed by atoms with Gasteiger partial charge in [-0.1, -0.05) is 24.3 Å². The molecule has 0 aliphatic heterocycles. The molecule has 0 saturated heterocycles. The minimum atomic E-state index is -4.39. The van der Waals surface area contributed by atoms with Gasteiger partial charge in [-0.15, -0.1) is 0 Å². The van der Waals surface area contributed by atoms with E-state index in [0.29, 0.717) is 24.5 Å². The number of amides is 1. The third kappa shape index (κ3) is 8.03. The molecular weight excluding hydrogens is 383 g/mol. The Morgan fingerprint density at radius 3 is 2.45 bits per heavy atom. The lowest BCUT2D eigenvalue weighted by molar-refractivity contribution is -0.137. The SMILES string of the molecule is CC(C)(C)NC(=O)OCCNCc1ccccc1Nc1cccc(C(F)(F)F)c1. The lowest BCUT2D eigenvalue weighted by Gasteiger charge is -2.20. The molecule has 0 spiro atoms. The number of benzene rings is 2. The summed E-state index contributed by atoms with van der Waals surface area (Å²) in [7, 11) is 0. The third-order valence-electron chi connectivity index (χ3n) is 3.79. The van der Waals surface area contributed by atoms with Crippen molar-refractivity contribution in [2.75, 3.05) is 18.5 Å². The van der Waals surface area contributed by atoms with Crippen LogP contribution in [-0.2, 0) is 17.5 Å². The van der Waals surface area contributed by atoms with Gasteiger partial charge in [-0.05, 0) is 50.6 Å². The predicted molar refractivity (Wildman–Crippen MR) is 107 cm³/mol. The molecule has 8 heteroatoms. The number of alkyl carbamates (subject to hydrolysis) is 1. The zero-order valence-corrected chi connectivity index (χ0v) is 16.7. The zero-order valence-electron chi connectivity index (χ0n) is 16.7. The van der Waals surface area contributed by atoms with E-state index in [2.05, 4.69) is 16.0 Å². The monoisotopic (exact) mass is 409 g/mol. The summed E-state index contributed by atoms with van der Waals surface area (Å²) in [6.45, 7) is 6.69. The highest BCUT2D eigenvalue weighted by atomic mass is 19.4. The number of carbonyl (C=O) groups excluding carboxylic acids is 1. The molecule has 0 fully saturated rings. The van der Waals surface area contributed by atoms with Crippen molar-refractivity contribution in [3.05, 3.63) is 59.7 Å². The number of nitrogens with one attached hydrogen (secondary N) is 3. The fourth-order valence-corrected chi connectivity index (χ4v) is 2.51. The molecule has 0 saturated carbocycles. The molecule has 3 N–H and O–H groups in total. The molecule has 0 radical (unpaired) electrons. The first-order valence-electron chi connectivity index (χ1n) is 9.22. The van der Waals surface area contributed by atoms with Crippen LogP contribution < -0.4 is 16.0 Å². The number of hydrogen-bond donors (Lipinski definition) is 3. The Hall–Kier alpha value is -2.74. The van der Waals surface area contributed by atoms with Crippen molar-refractivity contribution < 1.29 is 22.7 Å². The highest BCUT2D eigenvalue weighted by Gasteiger charge is 2.30. The van der Waals surface area contributed by atoms with Gasteiger partial charge in [-0.2, -0.15) is 13.2 Å². The molecule has 2 aromatic rings. The lowest BCUT2D eigenvalue weighted by Crippen LogP contribution is -2.41. The van der Waals surface area contributed by atoms with E-state index in [1.807, 2.05) is 32.9 Å². The average Bonchev–Trinajstić information content (AvgIpc) is 2.61. The Balaban J connectivity index is 1.89. The lowest BCUT2D eigenvalue weighted by atomic mass is 10.1. The third-order valence-corrected chi connectivity index (χ3v) is 3.79. The summed E-state index contributed by atoms with van der Waals surface area (Å²) in [6, 6.07) is 12.4. The maximum absolute atomic E-state index is 12.9. The Kier molecular flexibility index (Phi) is 7.50. The molecule has 5 nitrogen and oxygen atoms in total. The Bertz CT molecular complexity index is 817. The summed E-state index contributed by atoms with van der Waals surface area (Å²) in [5.74, 6) is 0. The highest BCUT2D eigenvalue weighted by Crippen LogP contribution is 2.31. The van der Waals surface area contributed by atoms with Gasteiger partial charge in [0, 0.05) is 30.0 Å². The van der Waals surface area contributed by atoms with E-state index < -0.39 is 17.8 Å². The normalized spacial score (nSPS) is 11.8. The van der Waals surface area contributed by atoms with Crippen LogP contribution in [0.3, 0.4) is 0 Å². The number of halogens is 3. The van der Waals surface area contributed by atoms with Crippen LogP contribution in [0.5, 0.6) is 0 Å². The number of alkyl halides is 3. The molecule has 0 bridgehead atoms. The summed E-state index contributed by atoms with van der Waals surface area (Å²) < 4.78 is 43.8. The maximum Gasteiger partial charge on any atom is 0.416 e. The van der Waals surface area contributed by atoms with Crippen molar-refractivity contribution in [3.8, 4) is 0 Å². The van der Waals surface area contributed by atoms with Gasteiger partial charge >= 0.3 is 12.3 Å². The van der Waals surface area contributed by atoms with Crippen LogP contribution in [0.2, 0.25) is 0 Å². The van der Waals surface area contributed by atoms with Gasteiger partial charge in [0.05, 0.1) is 5.56 Å². The van der Waals surface area contributed by atoms with Crippen LogP contribution in [-0.4, -0.2) is 24.8 Å². The number of ether oxygens (including phenoxy) is 1. The van der Waals surface area contributed by atoms with Crippen LogP contribution in [0.4, 0.5) is 29.3 Å². The van der Waals surface area contributed by atoms with Gasteiger partial charge < -0.3 is 20.7 Å². The van der Waals surface area contributed by atoms with Crippen LogP contribution in [0.1, 0.15) is 31.9 Å². The molecule has 2 aromatic carbocycles. The molecule has 0 unspecified atom stereocenters. The molecule has 0 atom stereocenters. The number of para-hydroxylation sites is 1. The predicted octanol–water partition coefficient (Wildman–Crippen LogP) is 5.06. The maximum atomic E-state index is 12.9. The minimum absolute atomic E-state index is 0.200. The van der Waals surface area contributed by atoms with Crippen molar-refractivity contribution in [2.24, 2.45) is 0 Å². The fourth-order valence-electron chi connectivity index (χ4n) is 2.51. The summed E-state index contributed by atoms with van der Waals surface area (Å²) >= 11 is 0. The number of anilines is 2. The largest absolute Gasteiger partial charge is 0.448 e. The van der Waals surface area contributed by atoms with E-state index in [0.717, 1.165) is 17.7 Å². The molecule has 0 aromatic heterocycles. The van der Waals surface area contributed by atoms with Gasteiger partial charge in [0.25, 0.3) is 0 Å². The van der Waals surface area contributed by atoms with Crippen LogP contribution in [0.25, 0.3) is 0 Å². The second-order valence-corrected chi connectivity index (χ2v) is 7.55. The van der Waals surface area contributed by atoms with E-state index in [4.69, 9.17) is 4.74 Å². The van der Waals surface area contributed by atoms with Crippen molar-refractivity contribution in [1.82, 2.24) is 10.6 Å². The molecule has 29 heavy (non-hydrogen) atoms. The molecule has 0 aliphatic carbocycles.